The maximum atomic E-state index is 12.7. The number of anilines is 1. The van der Waals surface area contributed by atoms with Crippen molar-refractivity contribution in [2.45, 2.75) is 51.0 Å². The smallest absolute Gasteiger partial charge is 0.230 e. The minimum atomic E-state index is -0.504. The number of hydrogen-bond donors (Lipinski definition) is 2. The number of nitrogen functional groups attached to an aromatic ring is 1. The van der Waals surface area contributed by atoms with E-state index in [2.05, 4.69) is 5.32 Å². The molecule has 0 aliphatic heterocycles. The van der Waals surface area contributed by atoms with Crippen LogP contribution in [0.2, 0.25) is 0 Å². The molecule has 0 spiro atoms. The largest absolute Gasteiger partial charge is 0.399 e. The van der Waals surface area contributed by atoms with Crippen LogP contribution in [0.4, 0.5) is 5.69 Å². The fourth-order valence-electron chi connectivity index (χ4n) is 2.89. The summed E-state index contributed by atoms with van der Waals surface area (Å²) in [5.74, 6) is 1.61. The molecule has 2 aliphatic rings. The molecule has 0 atom stereocenters. The molecular formula is C17H24N2O. The van der Waals surface area contributed by atoms with Crippen LogP contribution >= 0.6 is 0 Å². The molecule has 0 heterocycles. The molecule has 0 unspecified atom stereocenters. The van der Waals surface area contributed by atoms with Crippen LogP contribution in [0, 0.1) is 11.8 Å². The maximum Gasteiger partial charge on any atom is 0.230 e. The van der Waals surface area contributed by atoms with E-state index in [1.165, 1.54) is 25.7 Å². The van der Waals surface area contributed by atoms with Gasteiger partial charge in [-0.15, -0.1) is 0 Å². The van der Waals surface area contributed by atoms with Crippen molar-refractivity contribution in [1.29, 1.82) is 0 Å². The molecule has 0 aromatic heterocycles. The molecule has 1 amide bonds. The third-order valence-corrected chi connectivity index (χ3v) is 4.76. The lowest BCUT2D eigenvalue weighted by Gasteiger charge is -2.28. The first-order valence-corrected chi connectivity index (χ1v) is 7.65. The zero-order valence-corrected chi connectivity index (χ0v) is 12.4. The fraction of sp³-hybridized carbons (Fsp3) is 0.588. The summed E-state index contributed by atoms with van der Waals surface area (Å²) >= 11 is 0. The quantitative estimate of drug-likeness (QED) is 0.810. The van der Waals surface area contributed by atoms with Gasteiger partial charge in [0, 0.05) is 11.7 Å². The average Bonchev–Trinajstić information content (AvgIpc) is 3.28. The van der Waals surface area contributed by atoms with Crippen LogP contribution in [-0.2, 0) is 10.2 Å². The first kappa shape index (κ1) is 13.5. The summed E-state index contributed by atoms with van der Waals surface area (Å²) in [6, 6.07) is 8.06. The summed E-state index contributed by atoms with van der Waals surface area (Å²) in [7, 11) is 0. The highest BCUT2D eigenvalue weighted by Crippen LogP contribution is 2.44. The van der Waals surface area contributed by atoms with Crippen LogP contribution in [0.3, 0.4) is 0 Å². The van der Waals surface area contributed by atoms with Crippen LogP contribution in [0.1, 0.15) is 45.1 Å². The Balaban J connectivity index is 1.72. The Hall–Kier alpha value is -1.51. The van der Waals surface area contributed by atoms with E-state index >= 15 is 0 Å². The summed E-state index contributed by atoms with van der Waals surface area (Å²) in [4.78, 5) is 12.7. The van der Waals surface area contributed by atoms with Gasteiger partial charge < -0.3 is 11.1 Å². The molecule has 108 valence electrons. The summed E-state index contributed by atoms with van der Waals surface area (Å²) in [6.07, 6.45) is 5.13. The van der Waals surface area contributed by atoms with Crippen LogP contribution in [-0.4, -0.2) is 11.9 Å². The minimum Gasteiger partial charge on any atom is -0.399 e. The topological polar surface area (TPSA) is 55.1 Å². The van der Waals surface area contributed by atoms with E-state index in [1.807, 2.05) is 38.1 Å². The number of amides is 1. The lowest BCUT2D eigenvalue weighted by molar-refractivity contribution is -0.126. The normalized spacial score (nSPS) is 19.1. The molecular weight excluding hydrogens is 248 g/mol. The highest BCUT2D eigenvalue weighted by Gasteiger charge is 2.44. The Bertz CT molecular complexity index is 486. The highest BCUT2D eigenvalue weighted by atomic mass is 16.2. The predicted molar refractivity (Wildman–Crippen MR) is 81.3 cm³/mol. The first-order chi connectivity index (χ1) is 9.48. The molecule has 2 fully saturated rings. The van der Waals surface area contributed by atoms with Gasteiger partial charge in [0.25, 0.3) is 0 Å². The van der Waals surface area contributed by atoms with Crippen molar-refractivity contribution in [3.63, 3.8) is 0 Å². The number of benzene rings is 1. The van der Waals surface area contributed by atoms with Crippen molar-refractivity contribution in [3.05, 3.63) is 29.8 Å². The molecule has 20 heavy (non-hydrogen) atoms. The molecule has 3 rings (SSSR count). The Morgan fingerprint density at radius 1 is 1.15 bits per heavy atom. The number of rotatable bonds is 5. The van der Waals surface area contributed by atoms with Crippen LogP contribution in [0.25, 0.3) is 0 Å². The molecule has 3 nitrogen and oxygen atoms in total. The SMILES string of the molecule is CC(C)(C(=O)NC(C1CC1)C1CC1)c1ccc(N)cc1. The van der Waals surface area contributed by atoms with E-state index in [0.717, 1.165) is 23.1 Å². The van der Waals surface area contributed by atoms with Crippen molar-refractivity contribution < 1.29 is 4.79 Å². The number of nitrogens with two attached hydrogens (primary N) is 1. The van der Waals surface area contributed by atoms with Gasteiger partial charge in [-0.2, -0.15) is 0 Å². The second-order valence-corrected chi connectivity index (χ2v) is 6.92. The van der Waals surface area contributed by atoms with E-state index in [1.54, 1.807) is 0 Å². The van der Waals surface area contributed by atoms with E-state index in [4.69, 9.17) is 5.73 Å². The van der Waals surface area contributed by atoms with Gasteiger partial charge in [-0.05, 0) is 69.1 Å². The van der Waals surface area contributed by atoms with Crippen molar-refractivity contribution in [3.8, 4) is 0 Å². The Morgan fingerprint density at radius 3 is 2.10 bits per heavy atom. The van der Waals surface area contributed by atoms with Gasteiger partial charge in [0.2, 0.25) is 5.91 Å². The average molecular weight is 272 g/mol. The third-order valence-electron chi connectivity index (χ3n) is 4.76. The van der Waals surface area contributed by atoms with Gasteiger partial charge in [0.05, 0.1) is 5.41 Å². The number of carbonyl (C=O) groups excluding carboxylic acids is 1. The minimum absolute atomic E-state index is 0.145. The first-order valence-electron chi connectivity index (χ1n) is 7.65. The summed E-state index contributed by atoms with van der Waals surface area (Å²) in [5, 5.41) is 3.32. The fourth-order valence-corrected chi connectivity index (χ4v) is 2.89. The molecule has 1 aromatic carbocycles. The van der Waals surface area contributed by atoms with Crippen LogP contribution in [0.5, 0.6) is 0 Å². The molecule has 0 radical (unpaired) electrons. The number of nitrogens with one attached hydrogen (secondary N) is 1. The predicted octanol–water partition coefficient (Wildman–Crippen LogP) is 2.85. The van der Waals surface area contributed by atoms with Crippen molar-refractivity contribution in [2.75, 3.05) is 5.73 Å². The molecule has 2 aliphatic carbocycles. The zero-order chi connectivity index (χ0) is 14.3. The van der Waals surface area contributed by atoms with Crippen LogP contribution < -0.4 is 11.1 Å². The lowest BCUT2D eigenvalue weighted by Crippen LogP contribution is -2.47. The van der Waals surface area contributed by atoms with E-state index < -0.39 is 5.41 Å². The van der Waals surface area contributed by atoms with Gasteiger partial charge >= 0.3 is 0 Å². The summed E-state index contributed by atoms with van der Waals surface area (Å²) in [5.41, 5.74) is 6.98. The van der Waals surface area contributed by atoms with Crippen molar-refractivity contribution in [2.24, 2.45) is 11.8 Å². The molecule has 3 heteroatoms. The Morgan fingerprint density at radius 2 is 1.65 bits per heavy atom. The van der Waals surface area contributed by atoms with Gasteiger partial charge in [-0.1, -0.05) is 12.1 Å². The molecule has 0 bridgehead atoms. The maximum absolute atomic E-state index is 12.7. The van der Waals surface area contributed by atoms with Gasteiger partial charge in [0.15, 0.2) is 0 Å². The van der Waals surface area contributed by atoms with Crippen LogP contribution in [0.15, 0.2) is 24.3 Å². The van der Waals surface area contributed by atoms with Crippen molar-refractivity contribution >= 4 is 11.6 Å². The lowest BCUT2D eigenvalue weighted by atomic mass is 9.83. The van der Waals surface area contributed by atoms with Gasteiger partial charge in [-0.3, -0.25) is 4.79 Å². The summed E-state index contributed by atoms with van der Waals surface area (Å²) < 4.78 is 0. The highest BCUT2D eigenvalue weighted by molar-refractivity contribution is 5.87. The van der Waals surface area contributed by atoms with E-state index in [9.17, 15) is 4.79 Å². The monoisotopic (exact) mass is 272 g/mol. The van der Waals surface area contributed by atoms with Gasteiger partial charge in [-0.25, -0.2) is 0 Å². The summed E-state index contributed by atoms with van der Waals surface area (Å²) in [6.45, 7) is 3.98. The molecule has 1 aromatic rings. The second-order valence-electron chi connectivity index (χ2n) is 6.92. The number of carbonyl (C=O) groups is 1. The second kappa shape index (κ2) is 4.80. The molecule has 2 saturated carbocycles. The Labute approximate surface area is 120 Å². The van der Waals surface area contributed by atoms with Crippen molar-refractivity contribution in [1.82, 2.24) is 5.32 Å². The van der Waals surface area contributed by atoms with Gasteiger partial charge in [0.1, 0.15) is 0 Å². The molecule has 3 N–H and O–H groups in total. The Kier molecular flexibility index (Phi) is 3.23. The van der Waals surface area contributed by atoms with E-state index in [-0.39, 0.29) is 5.91 Å². The third kappa shape index (κ3) is 2.67. The standard InChI is InChI=1S/C17H24N2O/c1-17(2,13-7-9-14(18)10-8-13)16(20)19-15(11-3-4-11)12-5-6-12/h7-12,15H,3-6,18H2,1-2H3,(H,19,20). The number of hydrogen-bond acceptors (Lipinski definition) is 2. The zero-order valence-electron chi connectivity index (χ0n) is 12.4. The molecule has 0 saturated heterocycles. The van der Waals surface area contributed by atoms with E-state index in [0.29, 0.717) is 6.04 Å².